The number of hydrogen-bond donors (Lipinski definition) is 0. The predicted octanol–water partition coefficient (Wildman–Crippen LogP) is -11.0. The van der Waals surface area contributed by atoms with Crippen molar-refractivity contribution in [2.75, 3.05) is 0 Å². The van der Waals surface area contributed by atoms with Crippen LogP contribution in [0, 0.1) is 0 Å². The van der Waals surface area contributed by atoms with Gasteiger partial charge in [-0.2, -0.15) is 0 Å². The number of rotatable bonds is 4. The quantitative estimate of drug-likeness (QED) is 0.412. The van der Waals surface area contributed by atoms with E-state index in [0.29, 0.717) is 0 Å². The summed E-state index contributed by atoms with van der Waals surface area (Å²) in [6.07, 6.45) is 0. The summed E-state index contributed by atoms with van der Waals surface area (Å²) in [6.45, 7) is 0. The van der Waals surface area contributed by atoms with Gasteiger partial charge in [0, 0.05) is 14.6 Å². The molecule has 0 fully saturated rings. The summed E-state index contributed by atoms with van der Waals surface area (Å²) in [4.78, 5) is 0. The van der Waals surface area contributed by atoms with Crippen molar-refractivity contribution in [3.05, 3.63) is 0 Å². The van der Waals surface area contributed by atoms with E-state index >= 15 is 0 Å². The van der Waals surface area contributed by atoms with Gasteiger partial charge in [-0.1, -0.05) is 0 Å². The SMILES string of the molecule is [Be+2].[Be+2].[K+].[O-]B([O-])OB([O-])OB([O-])[O-]. The molecule has 56 valence electrons. The van der Waals surface area contributed by atoms with Crippen LogP contribution in [0.1, 0.15) is 0 Å². The number of hydrogen-bond acceptors (Lipinski definition) is 7. The Kier molecular flexibility index (Phi) is 25.9. The molecule has 0 heterocycles. The molecule has 0 aromatic carbocycles. The molecule has 13 heteroatoms. The molecule has 0 saturated heterocycles. The average Bonchev–Trinajstić information content (AvgIpc) is 1.58. The summed E-state index contributed by atoms with van der Waals surface area (Å²) >= 11 is 0. The Balaban J connectivity index is -0.000000135. The van der Waals surface area contributed by atoms with Crippen LogP contribution >= 0.6 is 0 Å². The third kappa shape index (κ3) is 20.1. The molecule has 0 aromatic rings. The Morgan fingerprint density at radius 2 is 0.923 bits per heavy atom. The van der Waals surface area contributed by atoms with Crippen LogP contribution in [0.15, 0.2) is 0 Å². The van der Waals surface area contributed by atoms with Crippen molar-refractivity contribution in [3.8, 4) is 0 Å². The Bertz CT molecular complexity index is 83.8. The van der Waals surface area contributed by atoms with Gasteiger partial charge < -0.3 is 34.3 Å². The zero-order chi connectivity index (χ0) is 8.15. The van der Waals surface area contributed by atoms with E-state index in [2.05, 4.69) is 9.14 Å². The maximum absolute atomic E-state index is 9.90. The maximum Gasteiger partial charge on any atom is 2.00 e. The summed E-state index contributed by atoms with van der Waals surface area (Å²) in [5.74, 6) is 0. The topological polar surface area (TPSA) is 134 Å². The fourth-order valence-electron chi connectivity index (χ4n) is 0.214. The molecule has 0 amide bonds. The third-order valence-corrected chi connectivity index (χ3v) is 0.444. The first-order valence-corrected chi connectivity index (χ1v) is 2.12. The first-order valence-electron chi connectivity index (χ1n) is 2.12. The van der Waals surface area contributed by atoms with Gasteiger partial charge in [-0.05, 0) is 0 Å². The molecule has 13 heavy (non-hydrogen) atoms. The summed E-state index contributed by atoms with van der Waals surface area (Å²) in [5, 5.41) is 47.7. The van der Waals surface area contributed by atoms with Crippen molar-refractivity contribution in [1.29, 1.82) is 0 Å². The van der Waals surface area contributed by atoms with Gasteiger partial charge in [0.2, 0.25) is 0 Å². The molecule has 0 aliphatic carbocycles. The zero-order valence-corrected chi connectivity index (χ0v) is 10.1. The normalized spacial score (nSPS) is 7.15. The smallest absolute Gasteiger partial charge is 0.872 e. The zero-order valence-electron chi connectivity index (χ0n) is 7.00. The van der Waals surface area contributed by atoms with E-state index in [4.69, 9.17) is 0 Å². The fourth-order valence-corrected chi connectivity index (χ4v) is 0.214. The molecule has 0 radical (unpaired) electrons. The molecule has 0 aromatic heterocycles. The minimum absolute atomic E-state index is 0. The van der Waals surface area contributed by atoms with Gasteiger partial charge in [-0.15, -0.1) is 0 Å². The summed E-state index contributed by atoms with van der Waals surface area (Å²) in [7, 11) is -8.28. The molecule has 0 rings (SSSR count). The molecule has 7 nitrogen and oxygen atoms in total. The van der Waals surface area contributed by atoms with Crippen molar-refractivity contribution in [1.82, 2.24) is 0 Å². The molecule has 0 aliphatic rings. The minimum Gasteiger partial charge on any atom is -0.872 e. The maximum atomic E-state index is 9.90. The monoisotopic (exact) mass is 202 g/mol. The molecule has 0 spiro atoms. The summed E-state index contributed by atoms with van der Waals surface area (Å²) in [5.41, 5.74) is 0. The summed E-state index contributed by atoms with van der Waals surface area (Å²) < 4.78 is 6.54. The Morgan fingerprint density at radius 1 is 0.692 bits per heavy atom. The van der Waals surface area contributed by atoms with Gasteiger partial charge in [0.1, 0.15) is 0 Å². The Morgan fingerprint density at radius 3 is 1.08 bits per heavy atom. The van der Waals surface area contributed by atoms with E-state index < -0.39 is 22.0 Å². The fraction of sp³-hybridized carbons (Fsp3) is 0. The van der Waals surface area contributed by atoms with Gasteiger partial charge in [-0.25, -0.2) is 0 Å². The van der Waals surface area contributed by atoms with E-state index in [9.17, 15) is 25.1 Å². The standard InChI is InChI=1S/B3O7.2Be.K/c4-1(5)9-3(8)10-2(6)7;;;/q-5;2*+2;+1. The van der Waals surface area contributed by atoms with Gasteiger partial charge in [0.05, 0.1) is 0 Å². The second-order valence-electron chi connectivity index (χ2n) is 1.14. The van der Waals surface area contributed by atoms with Crippen LogP contribution in [-0.4, -0.2) is 42.2 Å². The van der Waals surface area contributed by atoms with Gasteiger partial charge in [0.15, 0.2) is 0 Å². The van der Waals surface area contributed by atoms with Crippen LogP contribution in [0.25, 0.3) is 0 Å². The van der Waals surface area contributed by atoms with Crippen molar-refractivity contribution >= 4 is 42.2 Å². The Hall–Kier alpha value is 1.89. The molecular weight excluding hydrogens is 202 g/mol. The Labute approximate surface area is 126 Å². The van der Waals surface area contributed by atoms with Gasteiger partial charge >= 0.3 is 78.9 Å². The molecule has 0 unspecified atom stereocenters. The van der Waals surface area contributed by atoms with Crippen molar-refractivity contribution in [2.45, 2.75) is 0 Å². The first kappa shape index (κ1) is 24.2. The van der Waals surface area contributed by atoms with Crippen LogP contribution in [0.2, 0.25) is 0 Å². The largest absolute Gasteiger partial charge is 2.00 e. The van der Waals surface area contributed by atoms with Crippen molar-refractivity contribution in [2.24, 2.45) is 0 Å². The van der Waals surface area contributed by atoms with Gasteiger partial charge in [-0.3, -0.25) is 0 Å². The van der Waals surface area contributed by atoms with Crippen molar-refractivity contribution < 1.29 is 85.6 Å². The van der Waals surface area contributed by atoms with E-state index in [1.807, 2.05) is 0 Å². The van der Waals surface area contributed by atoms with E-state index in [-0.39, 0.29) is 71.6 Å². The van der Waals surface area contributed by atoms with Crippen LogP contribution in [0.5, 0.6) is 0 Å². The molecule has 0 N–H and O–H groups in total. The van der Waals surface area contributed by atoms with E-state index in [0.717, 1.165) is 0 Å². The van der Waals surface area contributed by atoms with Crippen molar-refractivity contribution in [3.63, 3.8) is 0 Å². The summed E-state index contributed by atoms with van der Waals surface area (Å²) in [6, 6.07) is 0. The van der Waals surface area contributed by atoms with Gasteiger partial charge in [0.25, 0.3) is 0 Å². The first-order chi connectivity index (χ1) is 4.52. The van der Waals surface area contributed by atoms with Crippen LogP contribution in [0.3, 0.4) is 0 Å². The molecule has 0 saturated carbocycles. The second kappa shape index (κ2) is 13.9. The average molecular weight is 202 g/mol. The van der Waals surface area contributed by atoms with E-state index in [1.165, 1.54) is 0 Å². The molecule has 0 bridgehead atoms. The molecule has 0 aliphatic heterocycles. The van der Waals surface area contributed by atoms with Crippen LogP contribution < -0.4 is 76.5 Å². The van der Waals surface area contributed by atoms with E-state index in [1.54, 1.807) is 0 Å². The van der Waals surface area contributed by atoms with Crippen LogP contribution in [0.4, 0.5) is 0 Å². The molecular formula is B3Be2KO7. The minimum atomic E-state index is -2.85. The predicted molar refractivity (Wildman–Crippen MR) is 30.9 cm³/mol. The molecule has 0 atom stereocenters. The third-order valence-electron chi connectivity index (χ3n) is 0.444. The second-order valence-corrected chi connectivity index (χ2v) is 1.14. The van der Waals surface area contributed by atoms with Crippen LogP contribution in [-0.2, 0) is 9.14 Å².